The number of aliphatic hydroxyl groups excluding tert-OH is 1. The molecule has 8 aromatic rings. The predicted molar refractivity (Wildman–Crippen MR) is 428 cm³/mol. The molecule has 0 fully saturated rings. The van der Waals surface area contributed by atoms with Crippen LogP contribution in [0.15, 0.2) is 72.8 Å². The first-order chi connectivity index (χ1) is 50.5. The van der Waals surface area contributed by atoms with Gasteiger partial charge < -0.3 is 49.4 Å². The Morgan fingerprint density at radius 2 is 0.780 bits per heavy atom. The molecule has 109 heavy (non-hydrogen) atoms. The Labute approximate surface area is 655 Å². The number of nitrogens with one attached hydrogen (secondary N) is 2. The molecule has 586 valence electrons. The lowest BCUT2D eigenvalue weighted by atomic mass is 9.76. The van der Waals surface area contributed by atoms with Gasteiger partial charge in [-0.15, -0.1) is 50.4 Å². The molecule has 4 N–H and O–H groups in total. The Bertz CT molecular complexity index is 4620. The number of fused-ring (bicyclic) bond motifs is 5. The fourth-order valence-electron chi connectivity index (χ4n) is 13.4. The van der Waals surface area contributed by atoms with Gasteiger partial charge in [0.15, 0.2) is 0 Å². The molecule has 5 heterocycles. The number of carbonyl (C=O) groups excluding carboxylic acids is 7. The monoisotopic (exact) mass is 1570 g/mol. The molecular weight excluding hydrogens is 1460 g/mol. The summed E-state index contributed by atoms with van der Waals surface area (Å²) in [5.41, 5.74) is 5.74. The largest absolute Gasteiger partial charge is 0.495 e. The number of carboxylic acids is 1. The van der Waals surface area contributed by atoms with Crippen LogP contribution in [0, 0.1) is 21.7 Å². The van der Waals surface area contributed by atoms with Gasteiger partial charge in [0, 0.05) is 30.8 Å². The molecule has 0 unspecified atom stereocenters. The minimum atomic E-state index is -1.05. The van der Waals surface area contributed by atoms with Crippen molar-refractivity contribution in [3.8, 4) is 5.75 Å². The molecule has 0 atom stereocenters. The number of esters is 4. The van der Waals surface area contributed by atoms with Gasteiger partial charge in [0.1, 0.15) is 58.7 Å². The van der Waals surface area contributed by atoms with E-state index in [9.17, 15) is 48.6 Å². The Balaban J connectivity index is 0.000000169. The number of nitrogens with zero attached hydrogens (tertiary/aromatic N) is 3. The second-order valence-electron chi connectivity index (χ2n) is 35.3. The summed E-state index contributed by atoms with van der Waals surface area (Å²) in [5.74, 6) is -3.66. The summed E-state index contributed by atoms with van der Waals surface area (Å²) < 4.78 is 27.7. The average Bonchev–Trinajstić information content (AvgIpc) is 1.64. The number of ether oxygens (including phenoxy) is 5. The van der Waals surface area contributed by atoms with Crippen LogP contribution >= 0.6 is 45.3 Å². The Morgan fingerprint density at radius 1 is 0.450 bits per heavy atom. The van der Waals surface area contributed by atoms with E-state index in [0.717, 1.165) is 117 Å². The van der Waals surface area contributed by atoms with Crippen LogP contribution in [0.25, 0.3) is 11.0 Å². The van der Waals surface area contributed by atoms with Crippen LogP contribution in [-0.4, -0.2) is 103 Å². The van der Waals surface area contributed by atoms with Gasteiger partial charge in [0.05, 0.1) is 41.7 Å². The number of aromatic carboxylic acids is 1. The third-order valence-corrected chi connectivity index (χ3v) is 23.7. The fourth-order valence-corrected chi connectivity index (χ4v) is 18.1. The summed E-state index contributed by atoms with van der Waals surface area (Å²) in [6, 6.07) is 21.5. The van der Waals surface area contributed by atoms with Crippen molar-refractivity contribution < 1.29 is 77.1 Å². The Hall–Kier alpha value is -8.62. The molecule has 12 rings (SSSR count). The molecule has 5 aromatic heterocycles. The lowest BCUT2D eigenvalue weighted by Crippen LogP contribution is -2.28. The molecule has 0 saturated heterocycles. The van der Waals surface area contributed by atoms with Crippen molar-refractivity contribution >= 4 is 115 Å². The topological polar surface area (TPSA) is 287 Å². The van der Waals surface area contributed by atoms with Gasteiger partial charge in [-0.05, 0) is 240 Å². The molecule has 0 spiro atoms. The number of carboxylic acid groups (broad SMARTS) is 1. The van der Waals surface area contributed by atoms with Gasteiger partial charge >= 0.3 is 35.8 Å². The summed E-state index contributed by atoms with van der Waals surface area (Å²) in [6.07, 6.45) is 10.4. The van der Waals surface area contributed by atoms with Crippen LogP contribution in [0.3, 0.4) is 0 Å². The number of hydrogen-bond donors (Lipinski definition) is 4. The van der Waals surface area contributed by atoms with Crippen LogP contribution in [0.4, 0.5) is 11.4 Å². The molecule has 0 aliphatic heterocycles. The highest BCUT2D eigenvalue weighted by Gasteiger charge is 2.42. The van der Waals surface area contributed by atoms with Crippen molar-refractivity contribution in [2.75, 3.05) is 17.7 Å². The van der Waals surface area contributed by atoms with E-state index in [-0.39, 0.29) is 55.4 Å². The number of rotatable bonds is 13. The lowest BCUT2D eigenvalue weighted by molar-refractivity contribution is 0.00521. The Kier molecular flexibility index (Phi) is 25.4. The quantitative estimate of drug-likeness (QED) is 0.0474. The van der Waals surface area contributed by atoms with E-state index >= 15 is 0 Å². The highest BCUT2D eigenvalue weighted by molar-refractivity contribution is 7.15. The minimum absolute atomic E-state index is 0.0497. The molecule has 4 aliphatic carbocycles. The number of hydrogen-bond acceptors (Lipinski definition) is 21. The zero-order chi connectivity index (χ0) is 80.5. The van der Waals surface area contributed by atoms with Crippen LogP contribution in [0.1, 0.15) is 292 Å². The number of carbonyl (C=O) groups is 8. The third kappa shape index (κ3) is 21.5. The first-order valence-corrected chi connectivity index (χ1v) is 40.0. The number of aromatic nitrogens is 3. The summed E-state index contributed by atoms with van der Waals surface area (Å²) in [5, 5.41) is 32.6. The van der Waals surface area contributed by atoms with E-state index in [1.807, 2.05) is 86.6 Å². The second kappa shape index (κ2) is 32.7. The van der Waals surface area contributed by atoms with Gasteiger partial charge in [0.2, 0.25) is 0 Å². The van der Waals surface area contributed by atoms with Crippen molar-refractivity contribution in [3.05, 3.63) is 162 Å². The van der Waals surface area contributed by atoms with Gasteiger partial charge in [-0.3, -0.25) is 9.59 Å². The maximum Gasteiger partial charge on any atom is 0.376 e. The van der Waals surface area contributed by atoms with Crippen LogP contribution in [0.5, 0.6) is 5.75 Å². The van der Waals surface area contributed by atoms with Crippen molar-refractivity contribution in [2.45, 2.75) is 245 Å². The smallest absolute Gasteiger partial charge is 0.376 e. The summed E-state index contributed by atoms with van der Waals surface area (Å²) in [6.45, 7) is 39.0. The molecule has 3 aromatic carbocycles. The van der Waals surface area contributed by atoms with Crippen LogP contribution in [0.2, 0.25) is 0 Å². The maximum absolute atomic E-state index is 13.2. The summed E-state index contributed by atoms with van der Waals surface area (Å²) in [7, 11) is 1.56. The first kappa shape index (κ1) is 84.4. The lowest BCUT2D eigenvalue weighted by Gasteiger charge is -2.30. The van der Waals surface area contributed by atoms with Gasteiger partial charge in [-0.25, -0.2) is 28.8 Å². The van der Waals surface area contributed by atoms with E-state index in [0.29, 0.717) is 66.6 Å². The number of thiophene rings is 4. The maximum atomic E-state index is 13.2. The van der Waals surface area contributed by atoms with E-state index in [1.165, 1.54) is 45.3 Å². The van der Waals surface area contributed by atoms with E-state index in [2.05, 4.69) is 76.3 Å². The fraction of sp³-hybridized carbons (Fsp3) is 0.500. The van der Waals surface area contributed by atoms with Crippen LogP contribution < -0.4 is 20.2 Å². The minimum Gasteiger partial charge on any atom is -0.495 e. The number of aryl methyl sites for hydroxylation is 4. The van der Waals surface area contributed by atoms with Gasteiger partial charge in [0.25, 0.3) is 11.8 Å². The molecular formula is C84H105N5O16S4. The first-order valence-electron chi connectivity index (χ1n) is 36.8. The normalized spacial score (nSPS) is 15.8. The SMILES string of the molecule is CC1(C)CCc2sc(C(=O)Nc3ccccc3CO)c(C(=O)OC(C)(C)C)c2C1.CC1(C)CCc2sc(C(=O)O)c(C(=O)OC(C)(C)C)c2C1.CC1(C)CCc2sc(C(=O)On3nnc4ccccc43)c(C(=O)OC(C)(C)C)c2C1.COc1ccccc1NC(=O)c1sc2c(c1C(=O)OC(C)(C)C)CC(C)(C)CC2. The summed E-state index contributed by atoms with van der Waals surface area (Å²) >= 11 is 5.33. The van der Waals surface area contributed by atoms with Crippen molar-refractivity contribution in [3.63, 3.8) is 0 Å². The molecule has 4 aliphatic rings. The number of anilines is 2. The van der Waals surface area contributed by atoms with Crippen molar-refractivity contribution in [1.82, 2.24) is 15.2 Å². The number of para-hydroxylation sites is 4. The molecule has 0 saturated carbocycles. The van der Waals surface area contributed by atoms with Gasteiger partial charge in [-0.1, -0.05) is 103 Å². The van der Waals surface area contributed by atoms with Crippen LogP contribution in [-0.2, 0) is 76.9 Å². The molecule has 21 nitrogen and oxygen atoms in total. The number of benzene rings is 3. The Morgan fingerprint density at radius 3 is 1.17 bits per heavy atom. The zero-order valence-electron chi connectivity index (χ0n) is 66.7. The third-order valence-electron chi connectivity index (χ3n) is 18.6. The van der Waals surface area contributed by atoms with Gasteiger partial charge in [-0.2, -0.15) is 0 Å². The van der Waals surface area contributed by atoms with E-state index in [1.54, 1.807) is 76.4 Å². The summed E-state index contributed by atoms with van der Waals surface area (Å²) in [4.78, 5) is 115. The highest BCUT2D eigenvalue weighted by atomic mass is 32.1. The molecule has 25 heteroatoms. The van der Waals surface area contributed by atoms with E-state index < -0.39 is 58.2 Å². The zero-order valence-corrected chi connectivity index (χ0v) is 70.0. The predicted octanol–water partition coefficient (Wildman–Crippen LogP) is 18.6. The number of aliphatic hydroxyl groups is 1. The van der Waals surface area contributed by atoms with Crippen molar-refractivity contribution in [1.29, 1.82) is 0 Å². The standard InChI is InChI=1S/2C23H29NO4S.C22H25N3O4S.C16H22O4S/c1-22(2,3)28-21(26)18-14-13-23(4,5)12-11-17(14)29-19(18)20(25)24-15-9-7-8-10-16(15)27-6;1-22(2,3)28-21(27)18-15-12-23(4,5)11-10-17(15)29-19(18)20(26)24-16-9-7-6-8-14(16)13-25;1-21(2,3)28-19(26)17-13-12-22(4,5)11-10-16(13)30-18(17)20(27)29-25-15-9-7-6-8-14(15)23-24-25;1-15(2,3)20-14(19)11-9-8-16(4,5)7-6-10(9)21-12(11)13(17)18/h7-10H,11-13H2,1-6H3,(H,24,25);6-9,25H,10-13H2,1-5H3,(H,24,26);6-9H,10-12H2,1-5H3;6-8H2,1-5H3,(H,17,18). The number of methoxy groups -OCH3 is 1. The molecule has 0 bridgehead atoms. The van der Waals surface area contributed by atoms with E-state index in [4.69, 9.17) is 28.5 Å². The molecule has 2 amide bonds. The average molecular weight is 1570 g/mol. The molecule has 0 radical (unpaired) electrons. The number of amides is 2. The van der Waals surface area contributed by atoms with Crippen molar-refractivity contribution in [2.24, 2.45) is 21.7 Å². The highest BCUT2D eigenvalue weighted by Crippen LogP contribution is 2.47. The second-order valence-corrected chi connectivity index (χ2v) is 39.7.